The second-order valence-electron chi connectivity index (χ2n) is 1.02. The highest BCUT2D eigenvalue weighted by atomic mass is 127. The highest BCUT2D eigenvalue weighted by molar-refractivity contribution is 14.1. The fourth-order valence-corrected chi connectivity index (χ4v) is 0.442. The summed E-state index contributed by atoms with van der Waals surface area (Å²) in [5.74, 6) is 0. The molecule has 0 aliphatic heterocycles. The van der Waals surface area contributed by atoms with Crippen LogP contribution in [0.15, 0.2) is 0 Å². The number of rotatable bonds is 3. The minimum Gasteiger partial charge on any atom is -0.249 e. The van der Waals surface area contributed by atoms with E-state index in [0.29, 0.717) is 0 Å². The zero-order valence-electron chi connectivity index (χ0n) is 3.79. The lowest BCUT2D eigenvalue weighted by Crippen LogP contribution is -2.22. The normalized spacial score (nSPS) is 9.00. The average Bonchev–Trinajstić information content (AvgIpc) is 1.61. The monoisotopic (exact) mass is 200 g/mol. The molecule has 0 fully saturated rings. The Hall–Kier alpha value is 0.650. The van der Waals surface area contributed by atoms with Crippen LogP contribution < -0.4 is 9.06 Å². The van der Waals surface area contributed by atoms with Gasteiger partial charge < -0.3 is 0 Å². The third kappa shape index (κ3) is 4.65. The summed E-state index contributed by atoms with van der Waals surface area (Å²) in [5.41, 5.74) is 2.93. The highest BCUT2D eigenvalue weighted by Crippen LogP contribution is 1.66. The van der Waals surface area contributed by atoms with E-state index in [-0.39, 0.29) is 0 Å². The number of halogens is 1. The van der Waals surface area contributed by atoms with E-state index >= 15 is 0 Å². The minimum atomic E-state index is 1.04. The first-order chi connectivity index (χ1) is 2.91. The minimum absolute atomic E-state index is 1.04. The summed E-state index contributed by atoms with van der Waals surface area (Å²) >= 11 is 2.05. The standard InChI is InChI=1S/C3H9IN2/c1-2-3-5-6-4/h5-6H,2-3H2,1H3. The maximum atomic E-state index is 2.93. The van der Waals surface area contributed by atoms with Gasteiger partial charge in [0, 0.05) is 29.4 Å². The number of hydrazine groups is 1. The molecule has 0 atom stereocenters. The lowest BCUT2D eigenvalue weighted by Gasteiger charge is -1.92. The first kappa shape index (κ1) is 6.65. The van der Waals surface area contributed by atoms with E-state index in [9.17, 15) is 0 Å². The summed E-state index contributed by atoms with van der Waals surface area (Å²) in [6.45, 7) is 3.17. The largest absolute Gasteiger partial charge is 0.249 e. The Balaban J connectivity index is 2.34. The first-order valence-corrected chi connectivity index (χ1v) is 3.08. The Kier molecular flexibility index (Phi) is 6.26. The van der Waals surface area contributed by atoms with Crippen molar-refractivity contribution in [1.29, 1.82) is 0 Å². The third-order valence-electron chi connectivity index (χ3n) is 0.442. The van der Waals surface area contributed by atoms with Crippen LogP contribution in [0.4, 0.5) is 0 Å². The molecule has 38 valence electrons. The second kappa shape index (κ2) is 5.65. The summed E-state index contributed by atoms with van der Waals surface area (Å²) in [4.78, 5) is 0. The van der Waals surface area contributed by atoms with E-state index in [4.69, 9.17) is 0 Å². The van der Waals surface area contributed by atoms with Gasteiger partial charge in [-0.2, -0.15) is 3.64 Å². The van der Waals surface area contributed by atoms with Crippen molar-refractivity contribution in [2.75, 3.05) is 6.54 Å². The van der Waals surface area contributed by atoms with Crippen LogP contribution in [0.2, 0.25) is 0 Å². The van der Waals surface area contributed by atoms with Crippen molar-refractivity contribution < 1.29 is 0 Å². The molecular weight excluding hydrogens is 191 g/mol. The number of nitrogens with one attached hydrogen (secondary N) is 2. The van der Waals surface area contributed by atoms with Gasteiger partial charge in [-0.3, -0.25) is 0 Å². The fraction of sp³-hybridized carbons (Fsp3) is 1.00. The maximum Gasteiger partial charge on any atom is 0.0334 e. The van der Waals surface area contributed by atoms with Gasteiger partial charge in [0.15, 0.2) is 0 Å². The van der Waals surface area contributed by atoms with Crippen molar-refractivity contribution >= 4 is 22.9 Å². The van der Waals surface area contributed by atoms with Gasteiger partial charge in [-0.25, -0.2) is 5.43 Å². The number of hydrogen-bond donors (Lipinski definition) is 2. The molecule has 0 rings (SSSR count). The summed E-state index contributed by atoms with van der Waals surface area (Å²) in [7, 11) is 0. The molecule has 2 N–H and O–H groups in total. The molecule has 0 aromatic carbocycles. The molecule has 0 aliphatic rings. The van der Waals surface area contributed by atoms with Crippen LogP contribution in [0.25, 0.3) is 0 Å². The summed E-state index contributed by atoms with van der Waals surface area (Å²) < 4.78 is 2.79. The predicted octanol–water partition coefficient (Wildman–Crippen LogP) is 0.841. The van der Waals surface area contributed by atoms with Gasteiger partial charge in [-0.05, 0) is 6.42 Å². The van der Waals surface area contributed by atoms with Crippen molar-refractivity contribution in [1.82, 2.24) is 9.06 Å². The van der Waals surface area contributed by atoms with Crippen LogP contribution in [-0.2, 0) is 0 Å². The van der Waals surface area contributed by atoms with Crippen molar-refractivity contribution in [3.05, 3.63) is 0 Å². The van der Waals surface area contributed by atoms with Crippen molar-refractivity contribution in [3.8, 4) is 0 Å². The van der Waals surface area contributed by atoms with Crippen LogP contribution in [0.1, 0.15) is 13.3 Å². The van der Waals surface area contributed by atoms with Gasteiger partial charge in [0.05, 0.1) is 0 Å². The Labute approximate surface area is 52.2 Å². The van der Waals surface area contributed by atoms with Crippen molar-refractivity contribution in [3.63, 3.8) is 0 Å². The molecule has 0 spiro atoms. The molecule has 0 radical (unpaired) electrons. The summed E-state index contributed by atoms with van der Waals surface area (Å²) in [6, 6.07) is 0. The van der Waals surface area contributed by atoms with Gasteiger partial charge in [0.2, 0.25) is 0 Å². The lowest BCUT2D eigenvalue weighted by molar-refractivity contribution is 0.685. The molecule has 0 saturated heterocycles. The van der Waals surface area contributed by atoms with E-state index in [2.05, 4.69) is 16.0 Å². The Bertz CT molecular complexity index is 20.8. The molecule has 0 aromatic rings. The van der Waals surface area contributed by atoms with Crippen LogP contribution in [0.3, 0.4) is 0 Å². The van der Waals surface area contributed by atoms with Crippen LogP contribution in [-0.4, -0.2) is 6.54 Å². The van der Waals surface area contributed by atoms with Gasteiger partial charge in [0.1, 0.15) is 0 Å². The van der Waals surface area contributed by atoms with Crippen molar-refractivity contribution in [2.45, 2.75) is 13.3 Å². The number of hydrogen-bond acceptors (Lipinski definition) is 2. The van der Waals surface area contributed by atoms with Crippen LogP contribution in [0, 0.1) is 0 Å². The molecule has 0 bridgehead atoms. The molecule has 0 aromatic heterocycles. The zero-order valence-corrected chi connectivity index (χ0v) is 5.95. The van der Waals surface area contributed by atoms with Crippen molar-refractivity contribution in [2.24, 2.45) is 0 Å². The quantitative estimate of drug-likeness (QED) is 0.305. The summed E-state index contributed by atoms with van der Waals surface area (Å²) in [5, 5.41) is 0. The summed E-state index contributed by atoms with van der Waals surface area (Å²) in [6.07, 6.45) is 1.18. The maximum absolute atomic E-state index is 2.93. The zero-order chi connectivity index (χ0) is 4.83. The van der Waals surface area contributed by atoms with Gasteiger partial charge in [-0.15, -0.1) is 0 Å². The molecular formula is C3H9IN2. The SMILES string of the molecule is CCCNNI. The van der Waals surface area contributed by atoms with E-state index < -0.39 is 0 Å². The molecule has 0 aliphatic carbocycles. The van der Waals surface area contributed by atoms with Crippen LogP contribution in [0.5, 0.6) is 0 Å². The molecule has 0 unspecified atom stereocenters. The molecule has 0 saturated carbocycles. The van der Waals surface area contributed by atoms with Gasteiger partial charge in [0.25, 0.3) is 0 Å². The Morgan fingerprint density at radius 2 is 2.33 bits per heavy atom. The molecule has 6 heavy (non-hydrogen) atoms. The topological polar surface area (TPSA) is 24.1 Å². The molecule has 3 heteroatoms. The highest BCUT2D eigenvalue weighted by Gasteiger charge is 1.71. The van der Waals surface area contributed by atoms with E-state index in [1.807, 2.05) is 22.9 Å². The smallest absolute Gasteiger partial charge is 0.0334 e. The predicted molar refractivity (Wildman–Crippen MR) is 35.4 cm³/mol. The lowest BCUT2D eigenvalue weighted by atomic mass is 10.5. The van der Waals surface area contributed by atoms with E-state index in [1.54, 1.807) is 0 Å². The first-order valence-electron chi connectivity index (χ1n) is 2.00. The van der Waals surface area contributed by atoms with Gasteiger partial charge in [-0.1, -0.05) is 6.92 Å². The fourth-order valence-electron chi connectivity index (χ4n) is 0.172. The molecule has 0 heterocycles. The third-order valence-corrected chi connectivity index (χ3v) is 0.823. The molecule has 2 nitrogen and oxygen atoms in total. The van der Waals surface area contributed by atoms with Crippen LogP contribution >= 0.6 is 22.9 Å². The average molecular weight is 200 g/mol. The van der Waals surface area contributed by atoms with E-state index in [1.165, 1.54) is 6.42 Å². The van der Waals surface area contributed by atoms with Gasteiger partial charge >= 0.3 is 0 Å². The van der Waals surface area contributed by atoms with E-state index in [0.717, 1.165) is 6.54 Å². The molecule has 0 amide bonds. The second-order valence-corrected chi connectivity index (χ2v) is 1.56. The Morgan fingerprint density at radius 1 is 1.67 bits per heavy atom. The Morgan fingerprint density at radius 3 is 2.50 bits per heavy atom.